The smallest absolute Gasteiger partial charge is 0.138 e. The summed E-state index contributed by atoms with van der Waals surface area (Å²) in [5, 5.41) is 14.2. The highest BCUT2D eigenvalue weighted by molar-refractivity contribution is 5.28. The van der Waals surface area contributed by atoms with Crippen molar-refractivity contribution in [2.24, 2.45) is 5.92 Å². The number of aliphatic hydroxyl groups is 1. The largest absolute Gasteiger partial charge is 0.489 e. The average Bonchev–Trinajstić information content (AvgIpc) is 2.39. The Hall–Kier alpha value is -1.13. The van der Waals surface area contributed by atoms with E-state index >= 15 is 0 Å². The van der Waals surface area contributed by atoms with E-state index in [1.165, 1.54) is 0 Å². The molecular weight excluding hydrogens is 240 g/mol. The lowest BCUT2D eigenvalue weighted by molar-refractivity contribution is -0.0161. The van der Waals surface area contributed by atoms with Crippen LogP contribution in [0.2, 0.25) is 0 Å². The van der Waals surface area contributed by atoms with Crippen molar-refractivity contribution in [3.8, 4) is 5.75 Å². The second kappa shape index (κ2) is 5.88. The summed E-state index contributed by atoms with van der Waals surface area (Å²) in [6.07, 6.45) is 5.69. The quantitative estimate of drug-likeness (QED) is 0.874. The zero-order chi connectivity index (χ0) is 13.9. The molecule has 2 rings (SSSR count). The first-order valence-electron chi connectivity index (χ1n) is 7.05. The summed E-state index contributed by atoms with van der Waals surface area (Å²) < 4.78 is 5.65. The Balaban J connectivity index is 2.18. The highest BCUT2D eigenvalue weighted by atomic mass is 16.5. The van der Waals surface area contributed by atoms with Crippen LogP contribution in [0.15, 0.2) is 18.5 Å². The van der Waals surface area contributed by atoms with Gasteiger partial charge >= 0.3 is 0 Å². The van der Waals surface area contributed by atoms with Crippen LogP contribution in [0.3, 0.4) is 0 Å². The van der Waals surface area contributed by atoms with Crippen molar-refractivity contribution >= 4 is 0 Å². The summed E-state index contributed by atoms with van der Waals surface area (Å²) in [5.74, 6) is 0.939. The molecule has 2 atom stereocenters. The van der Waals surface area contributed by atoms with Crippen LogP contribution in [0.5, 0.6) is 5.75 Å². The summed E-state index contributed by atoms with van der Waals surface area (Å²) in [6.45, 7) is 7.73. The van der Waals surface area contributed by atoms with Crippen molar-refractivity contribution in [1.29, 1.82) is 0 Å². The Labute approximate surface area is 115 Å². The van der Waals surface area contributed by atoms with Gasteiger partial charge in [0.1, 0.15) is 5.75 Å². The number of nitrogens with one attached hydrogen (secondary N) is 1. The molecule has 1 aromatic rings. The molecule has 106 valence electrons. The molecule has 1 aliphatic rings. The van der Waals surface area contributed by atoms with Gasteiger partial charge in [0, 0.05) is 24.2 Å². The number of nitrogens with zero attached hydrogens (tertiary/aromatic N) is 1. The van der Waals surface area contributed by atoms with E-state index < -0.39 is 5.60 Å². The number of ether oxygens (including phenoxy) is 1. The highest BCUT2D eigenvalue weighted by Crippen LogP contribution is 2.34. The van der Waals surface area contributed by atoms with Gasteiger partial charge in [-0.3, -0.25) is 4.98 Å². The van der Waals surface area contributed by atoms with E-state index in [0.717, 1.165) is 37.2 Å². The molecule has 2 unspecified atom stereocenters. The Kier molecular flexibility index (Phi) is 4.42. The van der Waals surface area contributed by atoms with Crippen molar-refractivity contribution in [1.82, 2.24) is 10.3 Å². The third-order valence-corrected chi connectivity index (χ3v) is 3.76. The van der Waals surface area contributed by atoms with Gasteiger partial charge in [0.25, 0.3) is 0 Å². The molecule has 2 N–H and O–H groups in total. The van der Waals surface area contributed by atoms with Crippen LogP contribution in [0.4, 0.5) is 0 Å². The molecule has 4 nitrogen and oxygen atoms in total. The van der Waals surface area contributed by atoms with E-state index in [2.05, 4.69) is 10.3 Å². The Bertz CT molecular complexity index is 412. The predicted molar refractivity (Wildman–Crippen MR) is 75.2 cm³/mol. The Morgan fingerprint density at radius 3 is 2.89 bits per heavy atom. The van der Waals surface area contributed by atoms with Gasteiger partial charge in [-0.2, -0.15) is 0 Å². The second-order valence-corrected chi connectivity index (χ2v) is 5.77. The highest BCUT2D eigenvalue weighted by Gasteiger charge is 2.35. The summed E-state index contributed by atoms with van der Waals surface area (Å²) in [5.41, 5.74) is -0.0316. The van der Waals surface area contributed by atoms with E-state index in [1.54, 1.807) is 12.4 Å². The number of aromatic nitrogens is 1. The van der Waals surface area contributed by atoms with Gasteiger partial charge in [0.15, 0.2) is 0 Å². The van der Waals surface area contributed by atoms with Crippen LogP contribution in [-0.4, -0.2) is 29.3 Å². The van der Waals surface area contributed by atoms with E-state index in [-0.39, 0.29) is 12.0 Å². The number of rotatable bonds is 4. The van der Waals surface area contributed by atoms with Crippen LogP contribution in [0, 0.1) is 5.92 Å². The van der Waals surface area contributed by atoms with E-state index in [0.29, 0.717) is 0 Å². The molecule has 0 saturated carbocycles. The molecule has 0 spiro atoms. The first-order valence-corrected chi connectivity index (χ1v) is 7.05. The van der Waals surface area contributed by atoms with Crippen molar-refractivity contribution in [2.45, 2.75) is 45.3 Å². The molecule has 0 amide bonds. The summed E-state index contributed by atoms with van der Waals surface area (Å²) in [7, 11) is 0. The minimum absolute atomic E-state index is 0.110. The van der Waals surface area contributed by atoms with Crippen LogP contribution < -0.4 is 10.1 Å². The number of piperidine rings is 1. The fourth-order valence-electron chi connectivity index (χ4n) is 2.60. The van der Waals surface area contributed by atoms with Gasteiger partial charge < -0.3 is 15.2 Å². The molecule has 0 radical (unpaired) electrons. The van der Waals surface area contributed by atoms with Crippen LogP contribution >= 0.6 is 0 Å². The lowest BCUT2D eigenvalue weighted by Gasteiger charge is -2.36. The SMILES string of the molecule is CC(C)Oc1cncc(C(C)(O)C2CCCNC2)c1. The average molecular weight is 264 g/mol. The monoisotopic (exact) mass is 264 g/mol. The summed E-state index contributed by atoms with van der Waals surface area (Å²) >= 11 is 0. The molecule has 0 aliphatic carbocycles. The molecule has 0 bridgehead atoms. The molecule has 2 heterocycles. The third-order valence-electron chi connectivity index (χ3n) is 3.76. The maximum atomic E-state index is 10.8. The first kappa shape index (κ1) is 14.3. The van der Waals surface area contributed by atoms with Crippen LogP contribution in [-0.2, 0) is 5.60 Å². The second-order valence-electron chi connectivity index (χ2n) is 5.77. The molecule has 1 aliphatic heterocycles. The molecule has 0 aromatic carbocycles. The fraction of sp³-hybridized carbons (Fsp3) is 0.667. The number of hydrogen-bond donors (Lipinski definition) is 2. The molecular formula is C15H24N2O2. The summed E-state index contributed by atoms with van der Waals surface area (Å²) in [6, 6.07) is 1.90. The Morgan fingerprint density at radius 1 is 1.47 bits per heavy atom. The lowest BCUT2D eigenvalue weighted by atomic mass is 9.79. The Morgan fingerprint density at radius 2 is 2.26 bits per heavy atom. The van der Waals surface area contributed by atoms with Gasteiger partial charge in [-0.15, -0.1) is 0 Å². The summed E-state index contributed by atoms with van der Waals surface area (Å²) in [4.78, 5) is 4.19. The zero-order valence-corrected chi connectivity index (χ0v) is 12.0. The van der Waals surface area contributed by atoms with Crippen molar-refractivity contribution in [3.63, 3.8) is 0 Å². The topological polar surface area (TPSA) is 54.4 Å². The van der Waals surface area contributed by atoms with E-state index in [1.807, 2.05) is 26.8 Å². The lowest BCUT2D eigenvalue weighted by Crippen LogP contribution is -2.42. The third kappa shape index (κ3) is 3.45. The minimum atomic E-state index is -0.864. The van der Waals surface area contributed by atoms with E-state index in [9.17, 15) is 5.11 Å². The maximum absolute atomic E-state index is 10.8. The molecule has 4 heteroatoms. The van der Waals surface area contributed by atoms with Crippen LogP contribution in [0.25, 0.3) is 0 Å². The van der Waals surface area contributed by atoms with E-state index in [4.69, 9.17) is 4.74 Å². The van der Waals surface area contributed by atoms with Crippen molar-refractivity contribution in [3.05, 3.63) is 24.0 Å². The fourth-order valence-corrected chi connectivity index (χ4v) is 2.60. The van der Waals surface area contributed by atoms with Gasteiger partial charge in [-0.25, -0.2) is 0 Å². The van der Waals surface area contributed by atoms with Gasteiger partial charge in [0.05, 0.1) is 17.9 Å². The van der Waals surface area contributed by atoms with Gasteiger partial charge in [-0.1, -0.05) is 0 Å². The first-order chi connectivity index (χ1) is 9.00. The van der Waals surface area contributed by atoms with Gasteiger partial charge in [0.2, 0.25) is 0 Å². The van der Waals surface area contributed by atoms with Gasteiger partial charge in [-0.05, 0) is 46.2 Å². The van der Waals surface area contributed by atoms with Crippen molar-refractivity contribution < 1.29 is 9.84 Å². The molecule has 1 fully saturated rings. The molecule has 1 saturated heterocycles. The van der Waals surface area contributed by atoms with Crippen molar-refractivity contribution in [2.75, 3.05) is 13.1 Å². The zero-order valence-electron chi connectivity index (χ0n) is 12.0. The number of pyridine rings is 1. The molecule has 1 aromatic heterocycles. The normalized spacial score (nSPS) is 23.1. The maximum Gasteiger partial charge on any atom is 0.138 e. The van der Waals surface area contributed by atoms with Crippen LogP contribution in [0.1, 0.15) is 39.2 Å². The minimum Gasteiger partial charge on any atom is -0.489 e. The molecule has 19 heavy (non-hydrogen) atoms. The number of hydrogen-bond acceptors (Lipinski definition) is 4. The predicted octanol–water partition coefficient (Wildman–Crippen LogP) is 2.08. The standard InChI is InChI=1S/C15H24N2O2/c1-11(2)19-14-7-13(9-17-10-14)15(3,18)12-5-4-6-16-8-12/h7,9-12,16,18H,4-6,8H2,1-3H3.